The summed E-state index contributed by atoms with van der Waals surface area (Å²) in [6.07, 6.45) is -3.36. The fraction of sp³-hybridized carbons (Fsp3) is 0.364. The number of aromatic nitrogens is 3. The number of nitrogens with zero attached hydrogens (tertiary/aromatic N) is 3. The summed E-state index contributed by atoms with van der Waals surface area (Å²) in [5.74, 6) is -0.920. The number of halogens is 4. The lowest BCUT2D eigenvalue weighted by Crippen LogP contribution is -2.43. The topological polar surface area (TPSA) is 59.3 Å². The third-order valence-electron chi connectivity index (χ3n) is 2.69. The van der Waals surface area contributed by atoms with Gasteiger partial charge in [0.2, 0.25) is 0 Å². The predicted octanol–water partition coefficient (Wildman–Crippen LogP) is 2.37. The molecule has 0 aromatic carbocycles. The predicted molar refractivity (Wildman–Crippen MR) is 65.7 cm³/mol. The monoisotopic (exact) mass is 306 g/mol. The molecule has 1 amide bonds. The van der Waals surface area contributed by atoms with Gasteiger partial charge in [0.05, 0.1) is 6.20 Å². The third-order valence-corrected chi connectivity index (χ3v) is 2.88. The molecular weight excluding hydrogens is 297 g/mol. The van der Waals surface area contributed by atoms with Crippen molar-refractivity contribution in [3.63, 3.8) is 0 Å². The molecular formula is C11H10ClF3N4O. The van der Waals surface area contributed by atoms with Gasteiger partial charge in [0.25, 0.3) is 5.91 Å². The molecule has 0 spiro atoms. The fourth-order valence-corrected chi connectivity index (χ4v) is 1.83. The van der Waals surface area contributed by atoms with Crippen molar-refractivity contribution in [1.29, 1.82) is 0 Å². The largest absolute Gasteiger partial charge is 0.408 e. The maximum atomic E-state index is 12.4. The smallest absolute Gasteiger partial charge is 0.339 e. The Hall–Kier alpha value is -1.83. The molecule has 0 saturated carbocycles. The highest BCUT2D eigenvalue weighted by Gasteiger charge is 2.37. The Balaban J connectivity index is 2.36. The van der Waals surface area contributed by atoms with Crippen molar-refractivity contribution in [2.24, 2.45) is 0 Å². The Labute approximate surface area is 116 Å². The van der Waals surface area contributed by atoms with Gasteiger partial charge in [-0.05, 0) is 25.5 Å². The van der Waals surface area contributed by atoms with Gasteiger partial charge in [0, 0.05) is 0 Å². The first-order chi connectivity index (χ1) is 9.20. The van der Waals surface area contributed by atoms with Crippen LogP contribution in [0.1, 0.15) is 23.0 Å². The summed E-state index contributed by atoms with van der Waals surface area (Å²) in [5.41, 5.74) is 0.911. The van der Waals surface area contributed by atoms with E-state index in [0.29, 0.717) is 11.2 Å². The van der Waals surface area contributed by atoms with Gasteiger partial charge in [-0.15, -0.1) is 0 Å². The summed E-state index contributed by atoms with van der Waals surface area (Å²) >= 11 is 5.76. The molecule has 2 heterocycles. The van der Waals surface area contributed by atoms with E-state index in [4.69, 9.17) is 11.6 Å². The van der Waals surface area contributed by atoms with Crippen LogP contribution in [0.5, 0.6) is 0 Å². The van der Waals surface area contributed by atoms with Crippen LogP contribution >= 0.6 is 11.6 Å². The van der Waals surface area contributed by atoms with Crippen LogP contribution in [0.2, 0.25) is 5.15 Å². The van der Waals surface area contributed by atoms with E-state index >= 15 is 0 Å². The van der Waals surface area contributed by atoms with Crippen LogP contribution in [0.25, 0.3) is 5.65 Å². The zero-order valence-corrected chi connectivity index (χ0v) is 11.2. The van der Waals surface area contributed by atoms with Crippen molar-refractivity contribution in [2.75, 3.05) is 0 Å². The van der Waals surface area contributed by atoms with Crippen molar-refractivity contribution in [2.45, 2.75) is 26.1 Å². The van der Waals surface area contributed by atoms with Crippen LogP contribution < -0.4 is 5.32 Å². The van der Waals surface area contributed by atoms with E-state index in [1.54, 1.807) is 13.0 Å². The van der Waals surface area contributed by atoms with Gasteiger partial charge in [-0.2, -0.15) is 18.3 Å². The number of amides is 1. The summed E-state index contributed by atoms with van der Waals surface area (Å²) in [5, 5.41) is 5.83. The van der Waals surface area contributed by atoms with Gasteiger partial charge in [-0.25, -0.2) is 9.50 Å². The number of nitrogens with one attached hydrogen (secondary N) is 1. The van der Waals surface area contributed by atoms with E-state index in [-0.39, 0.29) is 10.8 Å². The molecule has 0 bridgehead atoms. The Morgan fingerprint density at radius 1 is 1.50 bits per heavy atom. The second-order valence-corrected chi connectivity index (χ2v) is 4.65. The number of rotatable bonds is 2. The first kappa shape index (κ1) is 14.6. The molecule has 9 heteroatoms. The van der Waals surface area contributed by atoms with Crippen molar-refractivity contribution < 1.29 is 18.0 Å². The summed E-state index contributed by atoms with van der Waals surface area (Å²) in [6, 6.07) is -0.426. The van der Waals surface area contributed by atoms with Crippen LogP contribution in [0.15, 0.2) is 12.3 Å². The number of carbonyl (C=O) groups excluding carboxylic acids is 1. The molecule has 0 aliphatic rings. The zero-order valence-electron chi connectivity index (χ0n) is 10.5. The van der Waals surface area contributed by atoms with Crippen molar-refractivity contribution in [3.05, 3.63) is 28.7 Å². The maximum Gasteiger partial charge on any atom is 0.408 e. The lowest BCUT2D eigenvalue weighted by molar-refractivity contribution is -0.149. The molecule has 1 atom stereocenters. The second-order valence-electron chi connectivity index (χ2n) is 4.27. The third kappa shape index (κ3) is 2.69. The van der Waals surface area contributed by atoms with E-state index in [2.05, 4.69) is 10.1 Å². The first-order valence-corrected chi connectivity index (χ1v) is 5.96. The van der Waals surface area contributed by atoms with Crippen LogP contribution in [0, 0.1) is 6.92 Å². The highest BCUT2D eigenvalue weighted by atomic mass is 35.5. The summed E-state index contributed by atoms with van der Waals surface area (Å²) < 4.78 is 38.4. The van der Waals surface area contributed by atoms with Gasteiger partial charge in [-0.3, -0.25) is 4.79 Å². The molecule has 0 fully saturated rings. The summed E-state index contributed by atoms with van der Waals surface area (Å²) in [6.45, 7) is 2.56. The van der Waals surface area contributed by atoms with E-state index in [0.717, 1.165) is 17.6 Å². The molecule has 5 nitrogen and oxygen atoms in total. The van der Waals surface area contributed by atoms with E-state index in [1.165, 1.54) is 0 Å². The maximum absolute atomic E-state index is 12.4. The standard InChI is InChI=1S/C11H10ClF3N4O/c1-5-3-8(12)18-19-7(4-16-9(5)19)10(20)17-6(2)11(13,14)15/h3-4,6H,1-2H3,(H,17,20). The average molecular weight is 307 g/mol. The first-order valence-electron chi connectivity index (χ1n) is 5.58. The fourth-order valence-electron chi connectivity index (χ4n) is 1.59. The Morgan fingerprint density at radius 3 is 2.75 bits per heavy atom. The molecule has 2 aromatic heterocycles. The van der Waals surface area contributed by atoms with Crippen LogP contribution in [0.3, 0.4) is 0 Å². The lowest BCUT2D eigenvalue weighted by Gasteiger charge is -2.16. The number of carbonyl (C=O) groups is 1. The van der Waals surface area contributed by atoms with Crippen LogP contribution in [-0.2, 0) is 0 Å². The Kier molecular flexibility index (Phi) is 3.59. The Bertz CT molecular complexity index is 667. The minimum absolute atomic E-state index is 0.110. The van der Waals surface area contributed by atoms with Crippen molar-refractivity contribution in [3.8, 4) is 0 Å². The van der Waals surface area contributed by atoms with Gasteiger partial charge in [0.15, 0.2) is 11.3 Å². The lowest BCUT2D eigenvalue weighted by atomic mass is 10.3. The van der Waals surface area contributed by atoms with Gasteiger partial charge in [0.1, 0.15) is 11.2 Å². The van der Waals surface area contributed by atoms with E-state index in [9.17, 15) is 18.0 Å². The minimum Gasteiger partial charge on any atom is -0.339 e. The normalized spacial score (nSPS) is 13.5. The number of hydrogen-bond donors (Lipinski definition) is 1. The summed E-state index contributed by atoms with van der Waals surface area (Å²) in [4.78, 5) is 15.8. The molecule has 2 aromatic rings. The van der Waals surface area contributed by atoms with Gasteiger partial charge < -0.3 is 5.32 Å². The molecule has 0 aliphatic carbocycles. The molecule has 0 aliphatic heterocycles. The molecule has 1 unspecified atom stereocenters. The summed E-state index contributed by atoms with van der Waals surface area (Å²) in [7, 11) is 0. The second kappa shape index (κ2) is 4.93. The molecule has 1 N–H and O–H groups in total. The number of aryl methyl sites for hydroxylation is 1. The molecule has 0 radical (unpaired) electrons. The van der Waals surface area contributed by atoms with Crippen molar-refractivity contribution >= 4 is 23.2 Å². The van der Waals surface area contributed by atoms with Crippen LogP contribution in [0.4, 0.5) is 13.2 Å². The number of fused-ring (bicyclic) bond motifs is 1. The molecule has 20 heavy (non-hydrogen) atoms. The van der Waals surface area contributed by atoms with E-state index in [1.807, 2.05) is 5.32 Å². The van der Waals surface area contributed by atoms with Gasteiger partial charge >= 0.3 is 6.18 Å². The van der Waals surface area contributed by atoms with E-state index < -0.39 is 18.1 Å². The number of hydrogen-bond acceptors (Lipinski definition) is 3. The van der Waals surface area contributed by atoms with Gasteiger partial charge in [-0.1, -0.05) is 11.6 Å². The highest BCUT2D eigenvalue weighted by Crippen LogP contribution is 2.20. The van der Waals surface area contributed by atoms with Crippen molar-refractivity contribution in [1.82, 2.24) is 19.9 Å². The number of alkyl halides is 3. The highest BCUT2D eigenvalue weighted by molar-refractivity contribution is 6.29. The number of imidazole rings is 1. The molecule has 2 rings (SSSR count). The average Bonchev–Trinajstić information content (AvgIpc) is 2.71. The van der Waals surface area contributed by atoms with Crippen LogP contribution in [-0.4, -0.2) is 32.7 Å². The quantitative estimate of drug-likeness (QED) is 0.926. The molecule has 0 saturated heterocycles. The SMILES string of the molecule is Cc1cc(Cl)nn2c(C(=O)NC(C)C(F)(F)F)cnc12. The Morgan fingerprint density at radius 2 is 2.15 bits per heavy atom. The zero-order chi connectivity index (χ0) is 15.1. The molecule has 108 valence electrons. The minimum atomic E-state index is -4.52.